The molecule has 6 heteroatoms. The van der Waals surface area contributed by atoms with Gasteiger partial charge in [0, 0.05) is 19.3 Å². The average Bonchev–Trinajstić information content (AvgIpc) is 2.52. The molecule has 0 aromatic heterocycles. The van der Waals surface area contributed by atoms with Crippen LogP contribution in [0.15, 0.2) is 36.9 Å². The third-order valence-electron chi connectivity index (χ3n) is 3.24. The standard InChI is InChI=1S/C18H29NO4S/c1-5-10-23-18-9-6-8-17(13-18)16(4)19-24(20,21)12-7-11-22-14-15(2)3/h5-6,8-9,13,15-16,19H,1,7,10-12,14H2,2-4H3/t16-/m1/s1. The van der Waals surface area contributed by atoms with Crippen molar-refractivity contribution < 1.29 is 17.9 Å². The molecule has 0 amide bonds. The van der Waals surface area contributed by atoms with Crippen LogP contribution in [-0.2, 0) is 14.8 Å². The fraction of sp³-hybridized carbons (Fsp3) is 0.556. The van der Waals surface area contributed by atoms with Gasteiger partial charge >= 0.3 is 0 Å². The van der Waals surface area contributed by atoms with Crippen molar-refractivity contribution in [1.82, 2.24) is 4.72 Å². The lowest BCUT2D eigenvalue weighted by atomic mass is 10.1. The maximum absolute atomic E-state index is 12.2. The number of hydrogen-bond acceptors (Lipinski definition) is 4. The molecule has 0 aliphatic carbocycles. The lowest BCUT2D eigenvalue weighted by Crippen LogP contribution is -2.29. The summed E-state index contributed by atoms with van der Waals surface area (Å²) in [4.78, 5) is 0. The quantitative estimate of drug-likeness (QED) is 0.461. The third-order valence-corrected chi connectivity index (χ3v) is 4.77. The van der Waals surface area contributed by atoms with E-state index in [4.69, 9.17) is 9.47 Å². The van der Waals surface area contributed by atoms with Gasteiger partial charge in [-0.05, 0) is 37.0 Å². The first-order valence-corrected chi connectivity index (χ1v) is 9.90. The molecule has 5 nitrogen and oxygen atoms in total. The van der Waals surface area contributed by atoms with E-state index in [0.29, 0.717) is 37.9 Å². The topological polar surface area (TPSA) is 64.6 Å². The highest BCUT2D eigenvalue weighted by atomic mass is 32.2. The van der Waals surface area contributed by atoms with Gasteiger partial charge in [0.25, 0.3) is 0 Å². The minimum Gasteiger partial charge on any atom is -0.490 e. The highest BCUT2D eigenvalue weighted by Crippen LogP contribution is 2.20. The minimum absolute atomic E-state index is 0.0576. The molecule has 0 saturated carbocycles. The zero-order valence-corrected chi connectivity index (χ0v) is 15.6. The maximum Gasteiger partial charge on any atom is 0.212 e. The first-order chi connectivity index (χ1) is 11.3. The lowest BCUT2D eigenvalue weighted by molar-refractivity contribution is 0.111. The van der Waals surface area contributed by atoms with Gasteiger partial charge in [-0.2, -0.15) is 0 Å². The summed E-state index contributed by atoms with van der Waals surface area (Å²) in [5.41, 5.74) is 0.858. The lowest BCUT2D eigenvalue weighted by Gasteiger charge is -2.16. The van der Waals surface area contributed by atoms with Crippen molar-refractivity contribution in [2.24, 2.45) is 5.92 Å². The Hall–Kier alpha value is -1.37. The maximum atomic E-state index is 12.2. The van der Waals surface area contributed by atoms with Gasteiger partial charge in [-0.3, -0.25) is 0 Å². The SMILES string of the molecule is C=CCOc1cccc([C@@H](C)NS(=O)(=O)CCCOCC(C)C)c1. The zero-order chi connectivity index (χ0) is 18.0. The van der Waals surface area contributed by atoms with Crippen molar-refractivity contribution in [3.8, 4) is 5.75 Å². The molecule has 136 valence electrons. The summed E-state index contributed by atoms with van der Waals surface area (Å²) in [6.07, 6.45) is 2.15. The fourth-order valence-electron chi connectivity index (χ4n) is 2.10. The minimum atomic E-state index is -3.35. The van der Waals surface area contributed by atoms with Gasteiger partial charge < -0.3 is 9.47 Å². The van der Waals surface area contributed by atoms with Crippen molar-refractivity contribution in [2.45, 2.75) is 33.2 Å². The van der Waals surface area contributed by atoms with Gasteiger partial charge in [0.15, 0.2) is 0 Å². The van der Waals surface area contributed by atoms with E-state index in [9.17, 15) is 8.42 Å². The zero-order valence-electron chi connectivity index (χ0n) is 14.8. The second-order valence-electron chi connectivity index (χ2n) is 6.15. The van der Waals surface area contributed by atoms with E-state index in [-0.39, 0.29) is 11.8 Å². The number of ether oxygens (including phenoxy) is 2. The Morgan fingerprint density at radius 1 is 1.29 bits per heavy atom. The van der Waals surface area contributed by atoms with Crippen molar-refractivity contribution in [3.63, 3.8) is 0 Å². The molecule has 0 aliphatic heterocycles. The summed E-state index contributed by atoms with van der Waals surface area (Å²) in [6, 6.07) is 7.07. The molecule has 0 bridgehead atoms. The van der Waals surface area contributed by atoms with Crippen LogP contribution in [-0.4, -0.2) is 34.0 Å². The molecule has 0 saturated heterocycles. The molecule has 24 heavy (non-hydrogen) atoms. The van der Waals surface area contributed by atoms with Gasteiger partial charge in [0.2, 0.25) is 10.0 Å². The first kappa shape index (κ1) is 20.7. The van der Waals surface area contributed by atoms with Crippen LogP contribution in [0.3, 0.4) is 0 Å². The van der Waals surface area contributed by atoms with Gasteiger partial charge in [-0.1, -0.05) is 38.6 Å². The summed E-state index contributed by atoms with van der Waals surface area (Å²) < 4.78 is 37.9. The van der Waals surface area contributed by atoms with E-state index in [2.05, 4.69) is 25.1 Å². The molecule has 0 radical (unpaired) electrons. The van der Waals surface area contributed by atoms with Crippen LogP contribution in [0, 0.1) is 5.92 Å². The summed E-state index contributed by atoms with van der Waals surface area (Å²) in [6.45, 7) is 11.1. The van der Waals surface area contributed by atoms with E-state index >= 15 is 0 Å². The summed E-state index contributed by atoms with van der Waals surface area (Å²) in [7, 11) is -3.35. The molecule has 0 heterocycles. The molecule has 1 aromatic carbocycles. The van der Waals surface area contributed by atoms with Crippen LogP contribution in [0.25, 0.3) is 0 Å². The summed E-state index contributed by atoms with van der Waals surface area (Å²) >= 11 is 0. The molecule has 1 atom stereocenters. The predicted octanol–water partition coefficient (Wildman–Crippen LogP) is 3.29. The van der Waals surface area contributed by atoms with E-state index in [1.54, 1.807) is 6.08 Å². The Kier molecular flexibility index (Phi) is 9.03. The van der Waals surface area contributed by atoms with Crippen molar-refractivity contribution in [3.05, 3.63) is 42.5 Å². The molecule has 1 N–H and O–H groups in total. The summed E-state index contributed by atoms with van der Waals surface area (Å²) in [5, 5.41) is 0. The van der Waals surface area contributed by atoms with Gasteiger partial charge in [0.05, 0.1) is 5.75 Å². The molecule has 0 unspecified atom stereocenters. The van der Waals surface area contributed by atoms with Crippen LogP contribution < -0.4 is 9.46 Å². The van der Waals surface area contributed by atoms with Crippen LogP contribution in [0.4, 0.5) is 0 Å². The number of rotatable bonds is 12. The van der Waals surface area contributed by atoms with E-state index in [1.165, 1.54) is 0 Å². The molecule has 0 fully saturated rings. The Balaban J connectivity index is 2.50. The second-order valence-corrected chi connectivity index (χ2v) is 8.03. The normalized spacial score (nSPS) is 13.0. The first-order valence-electron chi connectivity index (χ1n) is 8.25. The van der Waals surface area contributed by atoms with Crippen LogP contribution in [0.1, 0.15) is 38.8 Å². The van der Waals surface area contributed by atoms with Crippen molar-refractivity contribution in [2.75, 3.05) is 25.6 Å². The van der Waals surface area contributed by atoms with E-state index in [0.717, 1.165) is 5.56 Å². The van der Waals surface area contributed by atoms with E-state index in [1.807, 2.05) is 31.2 Å². The Labute approximate surface area is 146 Å². The van der Waals surface area contributed by atoms with E-state index < -0.39 is 10.0 Å². The van der Waals surface area contributed by atoms with Gasteiger partial charge in [0.1, 0.15) is 12.4 Å². The highest BCUT2D eigenvalue weighted by molar-refractivity contribution is 7.89. The number of nitrogens with one attached hydrogen (secondary N) is 1. The average molecular weight is 356 g/mol. The molecule has 0 spiro atoms. The second kappa shape index (κ2) is 10.5. The smallest absolute Gasteiger partial charge is 0.212 e. The monoisotopic (exact) mass is 355 g/mol. The fourth-order valence-corrected chi connectivity index (χ4v) is 3.39. The van der Waals surface area contributed by atoms with Crippen molar-refractivity contribution >= 4 is 10.0 Å². The predicted molar refractivity (Wildman–Crippen MR) is 97.7 cm³/mol. The van der Waals surface area contributed by atoms with Crippen LogP contribution in [0.5, 0.6) is 5.75 Å². The van der Waals surface area contributed by atoms with Gasteiger partial charge in [-0.25, -0.2) is 13.1 Å². The highest BCUT2D eigenvalue weighted by Gasteiger charge is 2.16. The molecular weight excluding hydrogens is 326 g/mol. The molecule has 1 aromatic rings. The molecule has 0 aliphatic rings. The number of sulfonamides is 1. The third kappa shape index (κ3) is 8.47. The van der Waals surface area contributed by atoms with Crippen LogP contribution in [0.2, 0.25) is 0 Å². The largest absolute Gasteiger partial charge is 0.490 e. The van der Waals surface area contributed by atoms with Gasteiger partial charge in [-0.15, -0.1) is 0 Å². The Morgan fingerprint density at radius 3 is 2.71 bits per heavy atom. The molecular formula is C18H29NO4S. The molecule has 1 rings (SSSR count). The van der Waals surface area contributed by atoms with Crippen molar-refractivity contribution in [1.29, 1.82) is 0 Å². The number of benzene rings is 1. The Morgan fingerprint density at radius 2 is 2.04 bits per heavy atom. The Bertz CT molecular complexity index is 599. The summed E-state index contributed by atoms with van der Waals surface area (Å²) in [5.74, 6) is 1.21. The van der Waals surface area contributed by atoms with Crippen LogP contribution >= 0.6 is 0 Å². The number of hydrogen-bond donors (Lipinski definition) is 1.